The van der Waals surface area contributed by atoms with Gasteiger partial charge < -0.3 is 19.6 Å². The van der Waals surface area contributed by atoms with Crippen molar-refractivity contribution >= 4 is 17.6 Å². The van der Waals surface area contributed by atoms with Crippen molar-refractivity contribution in [2.45, 2.75) is 264 Å². The summed E-state index contributed by atoms with van der Waals surface area (Å²) in [6.45, 7) is 12.0. The van der Waals surface area contributed by atoms with Gasteiger partial charge in [-0.1, -0.05) is 212 Å². The number of hydrogen-bond acceptors (Lipinski definition) is 5. The molecule has 0 heterocycles. The minimum atomic E-state index is -0.00229. The van der Waals surface area contributed by atoms with E-state index in [0.29, 0.717) is 13.0 Å². The number of ether oxygens (including phenoxy) is 1. The van der Waals surface area contributed by atoms with Crippen LogP contribution in [0, 0.1) is 0 Å². The van der Waals surface area contributed by atoms with Crippen molar-refractivity contribution in [3.63, 3.8) is 0 Å². The molecule has 0 amide bonds. The van der Waals surface area contributed by atoms with Crippen LogP contribution in [0.4, 0.5) is 0 Å². The molecule has 362 valence electrons. The Morgan fingerprint density at radius 1 is 0.426 bits per heavy atom. The molecule has 0 spiro atoms. The van der Waals surface area contributed by atoms with Crippen molar-refractivity contribution in [1.29, 1.82) is 0 Å². The zero-order valence-electron chi connectivity index (χ0n) is 41.3. The second-order valence-electron chi connectivity index (χ2n) is 18.5. The van der Waals surface area contributed by atoms with Crippen LogP contribution in [-0.4, -0.2) is 79.2 Å². The lowest BCUT2D eigenvalue weighted by Gasteiger charge is -2.21. The molecule has 0 aliphatic heterocycles. The molecule has 0 aliphatic carbocycles. The molecule has 0 saturated carbocycles. The molecule has 0 aliphatic rings. The maximum atomic E-state index is 12.2. The van der Waals surface area contributed by atoms with Gasteiger partial charge in [0.2, 0.25) is 0 Å². The van der Waals surface area contributed by atoms with Crippen LogP contribution >= 0.6 is 11.6 Å². The Bertz CT molecular complexity index is 898. The molecule has 0 aromatic heterocycles. The average molecular weight is 880 g/mol. The summed E-state index contributed by atoms with van der Waals surface area (Å²) in [7, 11) is 0. The number of esters is 1. The lowest BCUT2D eigenvalue weighted by Crippen LogP contribution is -2.29. The molecular formula is C55H107ClN2O3. The van der Waals surface area contributed by atoms with Crippen LogP contribution < -0.4 is 0 Å². The predicted molar refractivity (Wildman–Crippen MR) is 271 cm³/mol. The minimum Gasteiger partial charge on any atom is -0.466 e. The van der Waals surface area contributed by atoms with Crippen LogP contribution in [0.3, 0.4) is 0 Å². The van der Waals surface area contributed by atoms with Crippen molar-refractivity contribution in [2.24, 2.45) is 0 Å². The van der Waals surface area contributed by atoms with Gasteiger partial charge in [-0.15, -0.1) is 11.6 Å². The van der Waals surface area contributed by atoms with Crippen LogP contribution in [-0.2, 0) is 9.53 Å². The summed E-state index contributed by atoms with van der Waals surface area (Å²) >= 11 is 6.14. The van der Waals surface area contributed by atoms with Gasteiger partial charge in [-0.25, -0.2) is 0 Å². The molecule has 0 unspecified atom stereocenters. The second kappa shape index (κ2) is 53.5. The third kappa shape index (κ3) is 50.0. The Hall–Kier alpha value is -0.880. The maximum absolute atomic E-state index is 12.2. The van der Waals surface area contributed by atoms with Crippen molar-refractivity contribution < 1.29 is 14.6 Å². The van der Waals surface area contributed by atoms with E-state index >= 15 is 0 Å². The molecule has 0 bridgehead atoms. The van der Waals surface area contributed by atoms with Gasteiger partial charge in [0.25, 0.3) is 0 Å². The first-order valence-electron chi connectivity index (χ1n) is 27.2. The van der Waals surface area contributed by atoms with E-state index in [2.05, 4.69) is 48.0 Å². The standard InChI is InChI=1S/C55H107ClN2O3/c1-3-5-7-9-11-13-15-16-17-18-19-20-23-28-34-40-47-57(51-46-56)48-41-35-29-24-21-25-32-38-44-54-61-55(60)45-39-33-27-26-31-37-43-50-58(52-53-59)49-42-36-30-22-14-12-10-8-6-4-2/h11,13,16-17,59H,3-10,12,14-15,18-54H2,1-2H3/b13-11-,17-16-. The van der Waals surface area contributed by atoms with E-state index in [-0.39, 0.29) is 12.6 Å². The first-order valence-corrected chi connectivity index (χ1v) is 27.8. The molecule has 61 heavy (non-hydrogen) atoms. The van der Waals surface area contributed by atoms with Crippen LogP contribution in [0.5, 0.6) is 0 Å². The van der Waals surface area contributed by atoms with E-state index in [9.17, 15) is 9.90 Å². The topological polar surface area (TPSA) is 53.0 Å². The Morgan fingerprint density at radius 2 is 0.770 bits per heavy atom. The molecule has 0 fully saturated rings. The van der Waals surface area contributed by atoms with Crippen molar-refractivity contribution in [2.75, 3.05) is 58.4 Å². The molecule has 1 N–H and O–H groups in total. The summed E-state index contributed by atoms with van der Waals surface area (Å²) in [5.74, 6) is 0.743. The van der Waals surface area contributed by atoms with Crippen LogP contribution in [0.2, 0.25) is 0 Å². The average Bonchev–Trinajstić information content (AvgIpc) is 3.26. The summed E-state index contributed by atoms with van der Waals surface area (Å²) < 4.78 is 5.52. The van der Waals surface area contributed by atoms with Crippen LogP contribution in [0.25, 0.3) is 0 Å². The largest absolute Gasteiger partial charge is 0.466 e. The number of aliphatic hydroxyl groups is 1. The summed E-state index contributed by atoms with van der Waals surface area (Å²) in [5.41, 5.74) is 0. The second-order valence-corrected chi connectivity index (χ2v) is 18.9. The normalized spacial score (nSPS) is 12.0. The smallest absolute Gasteiger partial charge is 0.305 e. The maximum Gasteiger partial charge on any atom is 0.305 e. The minimum absolute atomic E-state index is 0.00229. The molecule has 0 rings (SSSR count). The number of allylic oxidation sites excluding steroid dienone is 4. The number of halogens is 1. The fraction of sp³-hybridized carbons (Fsp3) is 0.909. The quantitative estimate of drug-likeness (QED) is 0.0285. The molecule has 0 atom stereocenters. The zero-order valence-corrected chi connectivity index (χ0v) is 42.0. The monoisotopic (exact) mass is 879 g/mol. The van der Waals surface area contributed by atoms with Gasteiger partial charge in [0, 0.05) is 25.4 Å². The molecular weight excluding hydrogens is 772 g/mol. The van der Waals surface area contributed by atoms with Crippen molar-refractivity contribution in [3.8, 4) is 0 Å². The van der Waals surface area contributed by atoms with Gasteiger partial charge in [-0.2, -0.15) is 0 Å². The molecule has 5 nitrogen and oxygen atoms in total. The Labute approximate surface area is 387 Å². The Balaban J connectivity index is 3.53. The van der Waals surface area contributed by atoms with Crippen LogP contribution in [0.1, 0.15) is 264 Å². The number of aliphatic hydroxyl groups excluding tert-OH is 1. The molecule has 0 saturated heterocycles. The van der Waals surface area contributed by atoms with Gasteiger partial charge in [0.1, 0.15) is 0 Å². The number of alkyl halides is 1. The number of unbranched alkanes of at least 4 members (excludes halogenated alkanes) is 32. The molecule has 6 heteroatoms. The predicted octanol–water partition coefficient (Wildman–Crippen LogP) is 16.7. The van der Waals surface area contributed by atoms with Gasteiger partial charge in [-0.05, 0) is 96.8 Å². The fourth-order valence-corrected chi connectivity index (χ4v) is 8.74. The first kappa shape index (κ1) is 60.1. The fourth-order valence-electron chi connectivity index (χ4n) is 8.50. The highest BCUT2D eigenvalue weighted by Crippen LogP contribution is 2.15. The van der Waals surface area contributed by atoms with E-state index in [4.69, 9.17) is 16.3 Å². The summed E-state index contributed by atoms with van der Waals surface area (Å²) in [6.07, 6.45) is 59.2. The lowest BCUT2D eigenvalue weighted by molar-refractivity contribution is -0.143. The van der Waals surface area contributed by atoms with Crippen LogP contribution in [0.15, 0.2) is 24.3 Å². The third-order valence-electron chi connectivity index (χ3n) is 12.6. The Morgan fingerprint density at radius 3 is 1.20 bits per heavy atom. The highest BCUT2D eigenvalue weighted by Gasteiger charge is 2.07. The summed E-state index contributed by atoms with van der Waals surface area (Å²) in [4.78, 5) is 17.2. The van der Waals surface area contributed by atoms with E-state index in [1.165, 1.54) is 231 Å². The highest BCUT2D eigenvalue weighted by molar-refractivity contribution is 6.18. The van der Waals surface area contributed by atoms with Gasteiger partial charge in [0.15, 0.2) is 0 Å². The highest BCUT2D eigenvalue weighted by atomic mass is 35.5. The summed E-state index contributed by atoms with van der Waals surface area (Å²) in [5, 5.41) is 9.49. The number of carbonyl (C=O) groups is 1. The molecule has 0 radical (unpaired) electrons. The Kier molecular flexibility index (Phi) is 52.7. The SMILES string of the molecule is CCCCC/C=C\C/C=C\CCCCCCCCN(CCCl)CCCCCCCCCCCOC(=O)CCCCCCCCCN(CCO)CCCCCCCCCCCC. The number of carbonyl (C=O) groups excluding carboxylic acids is 1. The van der Waals surface area contributed by atoms with E-state index in [0.717, 1.165) is 57.7 Å². The van der Waals surface area contributed by atoms with Gasteiger partial charge >= 0.3 is 5.97 Å². The van der Waals surface area contributed by atoms with Crippen molar-refractivity contribution in [3.05, 3.63) is 24.3 Å². The number of nitrogens with zero attached hydrogens (tertiary/aromatic N) is 2. The molecule has 0 aromatic carbocycles. The van der Waals surface area contributed by atoms with Gasteiger partial charge in [0.05, 0.1) is 13.2 Å². The van der Waals surface area contributed by atoms with E-state index in [1.54, 1.807) is 0 Å². The van der Waals surface area contributed by atoms with Crippen molar-refractivity contribution in [1.82, 2.24) is 9.80 Å². The van der Waals surface area contributed by atoms with Gasteiger partial charge in [-0.3, -0.25) is 4.79 Å². The first-order chi connectivity index (χ1) is 30.2. The molecule has 0 aromatic rings. The zero-order chi connectivity index (χ0) is 44.2. The lowest BCUT2D eigenvalue weighted by atomic mass is 10.1. The number of rotatable bonds is 52. The van der Waals surface area contributed by atoms with E-state index < -0.39 is 0 Å². The van der Waals surface area contributed by atoms with E-state index in [1.807, 2.05) is 0 Å². The number of hydrogen-bond donors (Lipinski definition) is 1. The third-order valence-corrected chi connectivity index (χ3v) is 12.7. The summed E-state index contributed by atoms with van der Waals surface area (Å²) in [6, 6.07) is 0.